The highest BCUT2D eigenvalue weighted by Gasteiger charge is 2.34. The molecule has 0 heterocycles. The largest absolute Gasteiger partial charge is 0.509 e. The number of benzene rings is 2. The molecule has 0 aliphatic heterocycles. The highest BCUT2D eigenvalue weighted by molar-refractivity contribution is 9.10. The van der Waals surface area contributed by atoms with Gasteiger partial charge in [0.25, 0.3) is 0 Å². The van der Waals surface area contributed by atoms with Crippen LogP contribution in [0.15, 0.2) is 56.9 Å². The number of hydrogen-bond donors (Lipinski definition) is 6. The van der Waals surface area contributed by atoms with Gasteiger partial charge < -0.3 is 30.6 Å². The minimum absolute atomic E-state index is 0.292. The van der Waals surface area contributed by atoms with Gasteiger partial charge in [-0.3, -0.25) is 0 Å². The summed E-state index contributed by atoms with van der Waals surface area (Å²) in [6.07, 6.45) is -5.19. The summed E-state index contributed by atoms with van der Waals surface area (Å²) in [6, 6.07) is 10.8. The maximum absolute atomic E-state index is 10.3. The number of halogens is 2. The lowest BCUT2D eigenvalue weighted by molar-refractivity contribution is -0.0996. The van der Waals surface area contributed by atoms with Gasteiger partial charge in [0.15, 0.2) is 0 Å². The molecule has 0 saturated heterocycles. The Morgan fingerprint density at radius 2 is 0.971 bits per heavy atom. The van der Waals surface area contributed by atoms with Crippen LogP contribution in [0.4, 0.5) is 0 Å². The second-order valence-corrected chi connectivity index (χ2v) is 10.6. The molecule has 0 aliphatic rings. The van der Waals surface area contributed by atoms with Gasteiger partial charge in [0.05, 0.1) is 0 Å². The fourth-order valence-electron chi connectivity index (χ4n) is 3.44. The number of rotatable bonds is 9. The zero-order valence-corrected chi connectivity index (χ0v) is 22.7. The molecule has 0 aliphatic carbocycles. The van der Waals surface area contributed by atoms with E-state index in [0.29, 0.717) is 23.0 Å². The van der Waals surface area contributed by atoms with Crippen molar-refractivity contribution >= 4 is 44.0 Å². The predicted molar refractivity (Wildman–Crippen MR) is 142 cm³/mol. The Kier molecular flexibility index (Phi) is 10.4. The molecule has 186 valence electrons. The van der Waals surface area contributed by atoms with Gasteiger partial charge in [-0.1, -0.05) is 83.8 Å². The third kappa shape index (κ3) is 7.16. The van der Waals surface area contributed by atoms with E-state index in [2.05, 4.69) is 31.9 Å². The Balaban J connectivity index is 2.15. The topological polar surface area (TPSA) is 121 Å². The van der Waals surface area contributed by atoms with Crippen LogP contribution in [0, 0.1) is 0 Å². The van der Waals surface area contributed by atoms with E-state index in [0.717, 1.165) is 20.1 Å². The van der Waals surface area contributed by atoms with Crippen LogP contribution in [0.25, 0.3) is 12.2 Å². The Labute approximate surface area is 217 Å². The third-order valence-corrected chi connectivity index (χ3v) is 6.90. The molecule has 34 heavy (non-hydrogen) atoms. The summed E-state index contributed by atoms with van der Waals surface area (Å²) in [5.74, 6) is -0.612. The van der Waals surface area contributed by atoms with Crippen molar-refractivity contribution in [1.82, 2.24) is 0 Å². The van der Waals surface area contributed by atoms with Crippen molar-refractivity contribution in [3.05, 3.63) is 79.1 Å². The Bertz CT molecular complexity index is 964. The molecule has 2 aromatic carbocycles. The van der Waals surface area contributed by atoms with Gasteiger partial charge in [-0.15, -0.1) is 0 Å². The second-order valence-electron chi connectivity index (χ2n) is 8.88. The van der Waals surface area contributed by atoms with Crippen LogP contribution in [0.1, 0.15) is 61.8 Å². The van der Waals surface area contributed by atoms with Crippen LogP contribution in [-0.2, 0) is 0 Å². The lowest BCUT2D eigenvalue weighted by atomic mass is 9.97. The summed E-state index contributed by atoms with van der Waals surface area (Å²) in [7, 11) is 0. The molecule has 0 unspecified atom stereocenters. The van der Waals surface area contributed by atoms with Gasteiger partial charge in [0.2, 0.25) is 0 Å². The molecular weight excluding hydrogens is 568 g/mol. The second kappa shape index (κ2) is 12.3. The van der Waals surface area contributed by atoms with E-state index < -0.39 is 35.9 Å². The number of aliphatic hydroxyl groups is 6. The van der Waals surface area contributed by atoms with Crippen LogP contribution in [0.5, 0.6) is 0 Å². The molecule has 0 fully saturated rings. The van der Waals surface area contributed by atoms with Crippen LogP contribution in [-0.4, -0.2) is 55.1 Å². The number of aliphatic hydroxyl groups excluding tert-OH is 6. The highest BCUT2D eigenvalue weighted by Crippen LogP contribution is 2.28. The molecule has 0 aromatic heterocycles. The summed E-state index contributed by atoms with van der Waals surface area (Å²) in [4.78, 5) is 0. The predicted octanol–water partition coefficient (Wildman–Crippen LogP) is 5.40. The summed E-state index contributed by atoms with van der Waals surface area (Å²) >= 11 is 6.94. The zero-order chi connectivity index (χ0) is 25.7. The Morgan fingerprint density at radius 1 is 0.647 bits per heavy atom. The first-order chi connectivity index (χ1) is 15.8. The van der Waals surface area contributed by atoms with Gasteiger partial charge in [-0.05, 0) is 58.4 Å². The number of hydrogen-bond acceptors (Lipinski definition) is 6. The minimum atomic E-state index is -1.96. The first-order valence-corrected chi connectivity index (χ1v) is 12.5. The van der Waals surface area contributed by atoms with Crippen molar-refractivity contribution in [1.29, 1.82) is 0 Å². The average Bonchev–Trinajstić information content (AvgIpc) is 2.76. The molecule has 4 atom stereocenters. The maximum Gasteiger partial charge on any atom is 0.139 e. The molecule has 0 spiro atoms. The molecule has 0 radical (unpaired) electrons. The molecule has 8 heteroatoms. The standard InChI is InChI=1S/C26H32Br2O6/c1-13(2)17-7-5-15(9-19(17)27)11-21(29)23(31)25(33)26(34)24(32)22(30)12-16-6-8-18(14(3)4)20(28)10-16/h5-14,23-26,29-34H,1-4H3/t23-,24+,25-,26-/m1/s1. The lowest BCUT2D eigenvalue weighted by Gasteiger charge is -2.26. The summed E-state index contributed by atoms with van der Waals surface area (Å²) in [5.41, 5.74) is 3.27. The molecule has 6 nitrogen and oxygen atoms in total. The molecule has 2 rings (SSSR count). The monoisotopic (exact) mass is 598 g/mol. The van der Waals surface area contributed by atoms with Crippen LogP contribution in [0.2, 0.25) is 0 Å². The zero-order valence-electron chi connectivity index (χ0n) is 19.5. The van der Waals surface area contributed by atoms with Gasteiger partial charge >= 0.3 is 0 Å². The van der Waals surface area contributed by atoms with Crippen molar-refractivity contribution in [2.24, 2.45) is 0 Å². The van der Waals surface area contributed by atoms with E-state index in [9.17, 15) is 30.6 Å². The SMILES string of the molecule is CC(C)c1ccc(C=C(O)[C@@H](O)[C@@H](O)[C@H](O)[C@@H](O)C(O)=Cc2ccc(C(C)C)c(Br)c2)cc1Br. The third-order valence-electron chi connectivity index (χ3n) is 5.53. The molecule has 0 saturated carbocycles. The van der Waals surface area contributed by atoms with Gasteiger partial charge in [-0.25, -0.2) is 0 Å². The molecule has 0 amide bonds. The van der Waals surface area contributed by atoms with Crippen molar-refractivity contribution in [2.45, 2.75) is 63.9 Å². The first-order valence-electron chi connectivity index (χ1n) is 11.0. The quantitative estimate of drug-likeness (QED) is 0.215. The minimum Gasteiger partial charge on any atom is -0.509 e. The van der Waals surface area contributed by atoms with Crippen molar-refractivity contribution in [3.63, 3.8) is 0 Å². The van der Waals surface area contributed by atoms with Gasteiger partial charge in [0.1, 0.15) is 35.9 Å². The Morgan fingerprint density at radius 3 is 1.24 bits per heavy atom. The molecular formula is C26H32Br2O6. The summed E-state index contributed by atoms with van der Waals surface area (Å²) in [6.45, 7) is 8.18. The summed E-state index contributed by atoms with van der Waals surface area (Å²) in [5, 5.41) is 61.8. The van der Waals surface area contributed by atoms with Crippen molar-refractivity contribution in [2.75, 3.05) is 0 Å². The van der Waals surface area contributed by atoms with E-state index >= 15 is 0 Å². The first kappa shape index (κ1) is 28.6. The fourth-order valence-corrected chi connectivity index (χ4v) is 5.15. The molecule has 2 aromatic rings. The van der Waals surface area contributed by atoms with Crippen LogP contribution in [0.3, 0.4) is 0 Å². The van der Waals surface area contributed by atoms with Crippen molar-refractivity contribution < 1.29 is 30.6 Å². The van der Waals surface area contributed by atoms with E-state index in [1.165, 1.54) is 12.2 Å². The normalized spacial score (nSPS) is 16.6. The van der Waals surface area contributed by atoms with Gasteiger partial charge in [0, 0.05) is 8.95 Å². The highest BCUT2D eigenvalue weighted by atomic mass is 79.9. The van der Waals surface area contributed by atoms with Crippen LogP contribution < -0.4 is 0 Å². The molecule has 6 N–H and O–H groups in total. The van der Waals surface area contributed by atoms with Gasteiger partial charge in [-0.2, -0.15) is 0 Å². The average molecular weight is 600 g/mol. The summed E-state index contributed by atoms with van der Waals surface area (Å²) < 4.78 is 1.66. The molecule has 0 bridgehead atoms. The van der Waals surface area contributed by atoms with Crippen LogP contribution >= 0.6 is 31.9 Å². The van der Waals surface area contributed by atoms with E-state index in [1.807, 2.05) is 39.8 Å². The lowest BCUT2D eigenvalue weighted by Crippen LogP contribution is -2.45. The van der Waals surface area contributed by atoms with E-state index in [1.54, 1.807) is 24.3 Å². The maximum atomic E-state index is 10.3. The fraction of sp³-hybridized carbons (Fsp3) is 0.385. The Hall–Kier alpha value is -1.68. The van der Waals surface area contributed by atoms with E-state index in [-0.39, 0.29) is 0 Å². The smallest absolute Gasteiger partial charge is 0.139 e. The van der Waals surface area contributed by atoms with Crippen molar-refractivity contribution in [3.8, 4) is 0 Å². The van der Waals surface area contributed by atoms with E-state index in [4.69, 9.17) is 0 Å².